The first-order valence-electron chi connectivity index (χ1n) is 6.31. The summed E-state index contributed by atoms with van der Waals surface area (Å²) in [5, 5.41) is 3.46. The van der Waals surface area contributed by atoms with Crippen LogP contribution >= 0.6 is 0 Å². The number of aromatic nitrogens is 2. The summed E-state index contributed by atoms with van der Waals surface area (Å²) in [6.45, 7) is 7.49. The SMILES string of the molecule is CCNC(CC(C)CC)c1nccnc1OC. The molecule has 1 N–H and O–H groups in total. The molecular weight excluding hydrogens is 214 g/mol. The number of nitrogens with one attached hydrogen (secondary N) is 1. The number of methoxy groups -OCH3 is 1. The predicted octanol–water partition coefficient (Wildman–Crippen LogP) is 2.57. The molecule has 0 aliphatic heterocycles. The van der Waals surface area contributed by atoms with Crippen molar-refractivity contribution in [3.05, 3.63) is 18.1 Å². The Bertz CT molecular complexity index is 330. The van der Waals surface area contributed by atoms with Crippen molar-refractivity contribution in [1.82, 2.24) is 15.3 Å². The lowest BCUT2D eigenvalue weighted by Crippen LogP contribution is -2.24. The molecule has 1 heterocycles. The Morgan fingerprint density at radius 2 is 2.00 bits per heavy atom. The number of rotatable bonds is 7. The molecule has 0 aliphatic carbocycles. The fourth-order valence-corrected chi connectivity index (χ4v) is 1.84. The van der Waals surface area contributed by atoms with E-state index < -0.39 is 0 Å². The third-order valence-corrected chi connectivity index (χ3v) is 3.00. The van der Waals surface area contributed by atoms with Crippen molar-refractivity contribution < 1.29 is 4.74 Å². The van der Waals surface area contributed by atoms with Gasteiger partial charge in [0.25, 0.3) is 0 Å². The van der Waals surface area contributed by atoms with Crippen molar-refractivity contribution in [2.75, 3.05) is 13.7 Å². The van der Waals surface area contributed by atoms with Gasteiger partial charge in [-0.3, -0.25) is 4.98 Å². The fourth-order valence-electron chi connectivity index (χ4n) is 1.84. The van der Waals surface area contributed by atoms with Gasteiger partial charge in [-0.2, -0.15) is 0 Å². The van der Waals surface area contributed by atoms with Crippen molar-refractivity contribution in [3.8, 4) is 5.88 Å². The number of hydrogen-bond donors (Lipinski definition) is 1. The lowest BCUT2D eigenvalue weighted by molar-refractivity contribution is 0.356. The smallest absolute Gasteiger partial charge is 0.236 e. The lowest BCUT2D eigenvalue weighted by atomic mass is 9.97. The van der Waals surface area contributed by atoms with E-state index >= 15 is 0 Å². The summed E-state index contributed by atoms with van der Waals surface area (Å²) in [6, 6.07) is 0.221. The highest BCUT2D eigenvalue weighted by atomic mass is 16.5. The van der Waals surface area contributed by atoms with Gasteiger partial charge in [-0.1, -0.05) is 27.2 Å². The molecule has 0 fully saturated rings. The highest BCUT2D eigenvalue weighted by Crippen LogP contribution is 2.26. The van der Waals surface area contributed by atoms with Crippen molar-refractivity contribution >= 4 is 0 Å². The minimum absolute atomic E-state index is 0.221. The Labute approximate surface area is 104 Å². The van der Waals surface area contributed by atoms with Gasteiger partial charge in [-0.05, 0) is 18.9 Å². The molecule has 1 aromatic heterocycles. The normalized spacial score (nSPS) is 14.4. The zero-order chi connectivity index (χ0) is 12.7. The summed E-state index contributed by atoms with van der Waals surface area (Å²) < 4.78 is 5.27. The molecule has 0 amide bonds. The van der Waals surface area contributed by atoms with Crippen LogP contribution in [0.2, 0.25) is 0 Å². The summed E-state index contributed by atoms with van der Waals surface area (Å²) in [4.78, 5) is 8.61. The highest BCUT2D eigenvalue weighted by molar-refractivity contribution is 5.21. The van der Waals surface area contributed by atoms with E-state index in [-0.39, 0.29) is 6.04 Å². The van der Waals surface area contributed by atoms with Gasteiger partial charge in [0.2, 0.25) is 5.88 Å². The largest absolute Gasteiger partial charge is 0.480 e. The van der Waals surface area contributed by atoms with Gasteiger partial charge in [0, 0.05) is 12.4 Å². The third-order valence-electron chi connectivity index (χ3n) is 3.00. The van der Waals surface area contributed by atoms with Crippen LogP contribution in [0.5, 0.6) is 5.88 Å². The van der Waals surface area contributed by atoms with Gasteiger partial charge in [0.15, 0.2) is 0 Å². The van der Waals surface area contributed by atoms with Crippen LogP contribution in [0.3, 0.4) is 0 Å². The summed E-state index contributed by atoms with van der Waals surface area (Å²) in [6.07, 6.45) is 5.61. The molecule has 0 spiro atoms. The zero-order valence-electron chi connectivity index (χ0n) is 11.2. The first kappa shape index (κ1) is 13.9. The summed E-state index contributed by atoms with van der Waals surface area (Å²) in [5.41, 5.74) is 0.914. The maximum Gasteiger partial charge on any atom is 0.236 e. The highest BCUT2D eigenvalue weighted by Gasteiger charge is 2.19. The first-order chi connectivity index (χ1) is 8.22. The van der Waals surface area contributed by atoms with Crippen LogP contribution in [0, 0.1) is 5.92 Å². The Balaban J connectivity index is 2.88. The second-order valence-electron chi connectivity index (χ2n) is 4.31. The third kappa shape index (κ3) is 3.97. The van der Waals surface area contributed by atoms with Crippen LogP contribution in [0.1, 0.15) is 45.3 Å². The zero-order valence-corrected chi connectivity index (χ0v) is 11.2. The standard InChI is InChI=1S/C13H23N3O/c1-5-10(3)9-11(14-6-2)12-13(17-4)16-8-7-15-12/h7-8,10-11,14H,5-6,9H2,1-4H3. The second kappa shape index (κ2) is 7.22. The van der Waals surface area contributed by atoms with Crippen LogP contribution in [-0.2, 0) is 0 Å². The number of ether oxygens (including phenoxy) is 1. The first-order valence-corrected chi connectivity index (χ1v) is 6.31. The monoisotopic (exact) mass is 237 g/mol. The molecule has 0 saturated heterocycles. The van der Waals surface area contributed by atoms with Crippen molar-refractivity contribution in [3.63, 3.8) is 0 Å². The van der Waals surface area contributed by atoms with Crippen molar-refractivity contribution in [1.29, 1.82) is 0 Å². The fraction of sp³-hybridized carbons (Fsp3) is 0.692. The molecule has 0 aliphatic rings. The summed E-state index contributed by atoms with van der Waals surface area (Å²) in [5.74, 6) is 1.28. The summed E-state index contributed by atoms with van der Waals surface area (Å²) in [7, 11) is 1.64. The molecular formula is C13H23N3O. The molecule has 1 rings (SSSR count). The molecule has 2 unspecified atom stereocenters. The molecule has 4 heteroatoms. The molecule has 17 heavy (non-hydrogen) atoms. The molecule has 4 nitrogen and oxygen atoms in total. The second-order valence-corrected chi connectivity index (χ2v) is 4.31. The molecule has 2 atom stereocenters. The van der Waals surface area contributed by atoms with E-state index in [0.717, 1.165) is 18.7 Å². The van der Waals surface area contributed by atoms with Crippen LogP contribution < -0.4 is 10.1 Å². The van der Waals surface area contributed by atoms with Crippen molar-refractivity contribution in [2.45, 2.75) is 39.7 Å². The van der Waals surface area contributed by atoms with E-state index in [9.17, 15) is 0 Å². The van der Waals surface area contributed by atoms with E-state index in [1.807, 2.05) is 0 Å². The lowest BCUT2D eigenvalue weighted by Gasteiger charge is -2.21. The Kier molecular flexibility index (Phi) is 5.91. The van der Waals surface area contributed by atoms with Gasteiger partial charge in [0.1, 0.15) is 5.69 Å². The average Bonchev–Trinajstić information content (AvgIpc) is 2.38. The molecule has 0 radical (unpaired) electrons. The minimum atomic E-state index is 0.221. The molecule has 1 aromatic rings. The van der Waals surface area contributed by atoms with Crippen LogP contribution in [0.25, 0.3) is 0 Å². The van der Waals surface area contributed by atoms with Gasteiger partial charge >= 0.3 is 0 Å². The topological polar surface area (TPSA) is 47.0 Å². The van der Waals surface area contributed by atoms with Gasteiger partial charge in [-0.15, -0.1) is 0 Å². The predicted molar refractivity (Wildman–Crippen MR) is 69.1 cm³/mol. The molecule has 96 valence electrons. The van der Waals surface area contributed by atoms with Crippen LogP contribution in [-0.4, -0.2) is 23.6 Å². The number of hydrogen-bond acceptors (Lipinski definition) is 4. The number of nitrogens with zero attached hydrogens (tertiary/aromatic N) is 2. The molecule has 0 aromatic carbocycles. The van der Waals surface area contributed by atoms with Gasteiger partial charge in [0.05, 0.1) is 13.2 Å². The Hall–Kier alpha value is -1.16. The Morgan fingerprint density at radius 1 is 1.29 bits per heavy atom. The van der Waals surface area contributed by atoms with Crippen LogP contribution in [0.15, 0.2) is 12.4 Å². The van der Waals surface area contributed by atoms with E-state index in [2.05, 4.69) is 36.1 Å². The van der Waals surface area contributed by atoms with E-state index in [1.54, 1.807) is 19.5 Å². The van der Waals surface area contributed by atoms with Gasteiger partial charge < -0.3 is 10.1 Å². The van der Waals surface area contributed by atoms with Crippen LogP contribution in [0.4, 0.5) is 0 Å². The maximum absolute atomic E-state index is 5.27. The van der Waals surface area contributed by atoms with E-state index in [4.69, 9.17) is 4.74 Å². The van der Waals surface area contributed by atoms with E-state index in [1.165, 1.54) is 6.42 Å². The molecule has 0 saturated carbocycles. The molecule has 0 bridgehead atoms. The minimum Gasteiger partial charge on any atom is -0.480 e. The average molecular weight is 237 g/mol. The van der Waals surface area contributed by atoms with Crippen molar-refractivity contribution in [2.24, 2.45) is 5.92 Å². The maximum atomic E-state index is 5.27. The Morgan fingerprint density at radius 3 is 2.59 bits per heavy atom. The van der Waals surface area contributed by atoms with E-state index in [0.29, 0.717) is 11.8 Å². The summed E-state index contributed by atoms with van der Waals surface area (Å²) >= 11 is 0. The quantitative estimate of drug-likeness (QED) is 0.791. The van der Waals surface area contributed by atoms with Gasteiger partial charge in [-0.25, -0.2) is 4.98 Å².